The quantitative estimate of drug-likeness (QED) is 0.437. The van der Waals surface area contributed by atoms with Crippen LogP contribution in [0.3, 0.4) is 0 Å². The summed E-state index contributed by atoms with van der Waals surface area (Å²) < 4.78 is 0. The smallest absolute Gasteiger partial charge is 0.253 e. The van der Waals surface area contributed by atoms with Crippen LogP contribution < -0.4 is 4.90 Å². The molecule has 0 radical (unpaired) electrons. The van der Waals surface area contributed by atoms with Crippen molar-refractivity contribution in [3.8, 4) is 0 Å². The molecule has 1 saturated heterocycles. The second kappa shape index (κ2) is 8.89. The highest BCUT2D eigenvalue weighted by molar-refractivity contribution is 6.36. The van der Waals surface area contributed by atoms with Crippen molar-refractivity contribution in [3.63, 3.8) is 0 Å². The highest BCUT2D eigenvalue weighted by Crippen LogP contribution is 2.37. The summed E-state index contributed by atoms with van der Waals surface area (Å²) in [5, 5.41) is 1.87. The van der Waals surface area contributed by atoms with E-state index in [1.165, 1.54) is 0 Å². The molecule has 0 aromatic heterocycles. The molecule has 0 unspecified atom stereocenters. The molecule has 30 heavy (non-hydrogen) atoms. The number of hydrogen-bond donors (Lipinski definition) is 0. The average molecular weight is 460 g/mol. The third kappa shape index (κ3) is 4.44. The number of hydrogen-bond acceptors (Lipinski definition) is 2. The van der Waals surface area contributed by atoms with Crippen LogP contribution in [-0.2, 0) is 0 Å². The summed E-state index contributed by atoms with van der Waals surface area (Å²) in [6.07, 6.45) is 0. The Hall–Kier alpha value is -2.20. The van der Waals surface area contributed by atoms with Crippen LogP contribution in [0.15, 0.2) is 66.7 Å². The van der Waals surface area contributed by atoms with Crippen LogP contribution in [0.25, 0.3) is 0 Å². The number of halogens is 3. The maximum absolute atomic E-state index is 13.1. The Morgan fingerprint density at radius 3 is 2.20 bits per heavy atom. The van der Waals surface area contributed by atoms with Crippen LogP contribution in [-0.4, -0.2) is 30.4 Å². The van der Waals surface area contributed by atoms with Crippen molar-refractivity contribution >= 4 is 46.4 Å². The number of benzene rings is 3. The number of piperazine rings is 1. The largest absolute Gasteiger partial charge is 0.360 e. The normalized spacial score (nSPS) is 16.6. The minimum atomic E-state index is -0.0518. The molecule has 0 spiro atoms. The van der Waals surface area contributed by atoms with Crippen molar-refractivity contribution < 1.29 is 4.79 Å². The molecule has 0 N–H and O–H groups in total. The molecule has 3 aromatic carbocycles. The fraction of sp³-hybridized carbons (Fsp3) is 0.208. The standard InChI is InChI=1S/C24H21Cl3N2O/c1-16-2-4-18(5-3-16)24(30)28-12-13-29(22-11-10-20(26)14-21(22)27)23(15-28)17-6-8-19(25)9-7-17/h2-11,14,23H,12-13,15H2,1H3/t23-/m0/s1. The van der Waals surface area contributed by atoms with Gasteiger partial charge < -0.3 is 9.80 Å². The zero-order valence-corrected chi connectivity index (χ0v) is 18.8. The molecule has 0 saturated carbocycles. The van der Waals surface area contributed by atoms with Crippen molar-refractivity contribution in [2.24, 2.45) is 0 Å². The van der Waals surface area contributed by atoms with Gasteiger partial charge in [0.1, 0.15) is 0 Å². The Bertz CT molecular complexity index is 1050. The molecule has 1 fully saturated rings. The van der Waals surface area contributed by atoms with Crippen LogP contribution in [0.4, 0.5) is 5.69 Å². The van der Waals surface area contributed by atoms with Gasteiger partial charge in [0, 0.05) is 35.2 Å². The fourth-order valence-electron chi connectivity index (χ4n) is 3.82. The molecule has 1 heterocycles. The van der Waals surface area contributed by atoms with Crippen molar-refractivity contribution in [1.29, 1.82) is 0 Å². The summed E-state index contributed by atoms with van der Waals surface area (Å²) in [6.45, 7) is 3.83. The molecule has 1 aliphatic rings. The van der Waals surface area contributed by atoms with Gasteiger partial charge in [-0.1, -0.05) is 64.6 Å². The zero-order chi connectivity index (χ0) is 21.3. The lowest BCUT2D eigenvalue weighted by molar-refractivity contribution is 0.0722. The number of aryl methyl sites for hydroxylation is 1. The number of rotatable bonds is 3. The minimum absolute atomic E-state index is 0.0378. The van der Waals surface area contributed by atoms with Crippen LogP contribution >= 0.6 is 34.8 Å². The lowest BCUT2D eigenvalue weighted by atomic mass is 10.0. The number of anilines is 1. The first-order valence-electron chi connectivity index (χ1n) is 9.75. The molecule has 0 bridgehead atoms. The number of carbonyl (C=O) groups is 1. The summed E-state index contributed by atoms with van der Waals surface area (Å²) in [5.74, 6) is 0.0378. The van der Waals surface area contributed by atoms with Gasteiger partial charge >= 0.3 is 0 Å². The molecule has 4 rings (SSSR count). The van der Waals surface area contributed by atoms with Crippen molar-refractivity contribution in [2.75, 3.05) is 24.5 Å². The van der Waals surface area contributed by atoms with Gasteiger partial charge in [-0.15, -0.1) is 0 Å². The van der Waals surface area contributed by atoms with Gasteiger partial charge in [-0.05, 0) is 55.0 Å². The predicted octanol–water partition coefficient (Wildman–Crippen LogP) is 6.66. The molecule has 3 nitrogen and oxygen atoms in total. The number of nitrogens with zero attached hydrogens (tertiary/aromatic N) is 2. The van der Waals surface area contributed by atoms with E-state index in [1.54, 1.807) is 6.07 Å². The second-order valence-electron chi connectivity index (χ2n) is 7.47. The van der Waals surface area contributed by atoms with Crippen LogP contribution in [0.5, 0.6) is 0 Å². The molecule has 154 valence electrons. The first-order valence-corrected chi connectivity index (χ1v) is 10.9. The van der Waals surface area contributed by atoms with Gasteiger partial charge in [-0.25, -0.2) is 0 Å². The van der Waals surface area contributed by atoms with Gasteiger partial charge in [-0.3, -0.25) is 4.79 Å². The van der Waals surface area contributed by atoms with E-state index in [0.717, 1.165) is 16.8 Å². The summed E-state index contributed by atoms with van der Waals surface area (Å²) in [4.78, 5) is 17.3. The van der Waals surface area contributed by atoms with E-state index in [4.69, 9.17) is 34.8 Å². The molecular formula is C24H21Cl3N2O. The van der Waals surface area contributed by atoms with Gasteiger partial charge in [0.15, 0.2) is 0 Å². The maximum Gasteiger partial charge on any atom is 0.253 e. The molecule has 1 aliphatic heterocycles. The SMILES string of the molecule is Cc1ccc(C(=O)N2CCN(c3ccc(Cl)cc3Cl)[C@H](c3ccc(Cl)cc3)C2)cc1. The molecule has 6 heteroatoms. The Labute approximate surface area is 191 Å². The van der Waals surface area contributed by atoms with Crippen molar-refractivity contribution in [3.05, 3.63) is 98.5 Å². The molecule has 3 aromatic rings. The van der Waals surface area contributed by atoms with Crippen LogP contribution in [0.1, 0.15) is 27.5 Å². The second-order valence-corrected chi connectivity index (χ2v) is 8.75. The van der Waals surface area contributed by atoms with E-state index in [1.807, 2.05) is 72.5 Å². The van der Waals surface area contributed by atoms with E-state index in [2.05, 4.69) is 4.90 Å². The van der Waals surface area contributed by atoms with E-state index >= 15 is 0 Å². The Balaban J connectivity index is 1.66. The van der Waals surface area contributed by atoms with E-state index in [-0.39, 0.29) is 11.9 Å². The number of amides is 1. The van der Waals surface area contributed by atoms with Gasteiger partial charge in [0.25, 0.3) is 5.91 Å². The van der Waals surface area contributed by atoms with Crippen LogP contribution in [0, 0.1) is 6.92 Å². The monoisotopic (exact) mass is 458 g/mol. The van der Waals surface area contributed by atoms with Crippen molar-refractivity contribution in [1.82, 2.24) is 4.90 Å². The highest BCUT2D eigenvalue weighted by Gasteiger charge is 2.32. The van der Waals surface area contributed by atoms with Gasteiger partial charge in [0.2, 0.25) is 0 Å². The molecule has 1 atom stereocenters. The highest BCUT2D eigenvalue weighted by atomic mass is 35.5. The van der Waals surface area contributed by atoms with Crippen molar-refractivity contribution in [2.45, 2.75) is 13.0 Å². The Morgan fingerprint density at radius 2 is 1.53 bits per heavy atom. The zero-order valence-electron chi connectivity index (χ0n) is 16.5. The lowest BCUT2D eigenvalue weighted by Gasteiger charge is -2.43. The lowest BCUT2D eigenvalue weighted by Crippen LogP contribution is -2.50. The van der Waals surface area contributed by atoms with Gasteiger partial charge in [0.05, 0.1) is 16.8 Å². The van der Waals surface area contributed by atoms with Crippen LogP contribution in [0.2, 0.25) is 15.1 Å². The minimum Gasteiger partial charge on any atom is -0.360 e. The maximum atomic E-state index is 13.1. The Morgan fingerprint density at radius 1 is 0.867 bits per heavy atom. The summed E-state index contributed by atoms with van der Waals surface area (Å²) in [6, 6.07) is 20.9. The van der Waals surface area contributed by atoms with E-state index in [0.29, 0.717) is 40.3 Å². The van der Waals surface area contributed by atoms with E-state index < -0.39 is 0 Å². The van der Waals surface area contributed by atoms with E-state index in [9.17, 15) is 4.79 Å². The van der Waals surface area contributed by atoms with Gasteiger partial charge in [-0.2, -0.15) is 0 Å². The predicted molar refractivity (Wildman–Crippen MR) is 125 cm³/mol. The summed E-state index contributed by atoms with van der Waals surface area (Å²) in [5.41, 5.74) is 3.82. The third-order valence-corrected chi connectivity index (χ3v) is 6.23. The number of carbonyl (C=O) groups excluding carboxylic acids is 1. The third-order valence-electron chi connectivity index (χ3n) is 5.44. The molecule has 0 aliphatic carbocycles. The topological polar surface area (TPSA) is 23.6 Å². The molecular weight excluding hydrogens is 439 g/mol. The molecule has 1 amide bonds. The Kier molecular flexibility index (Phi) is 6.24. The fourth-order valence-corrected chi connectivity index (χ4v) is 4.46. The first kappa shape index (κ1) is 21.0. The first-order chi connectivity index (χ1) is 14.4. The summed E-state index contributed by atoms with van der Waals surface area (Å²) >= 11 is 18.7. The summed E-state index contributed by atoms with van der Waals surface area (Å²) in [7, 11) is 0. The average Bonchev–Trinajstić information content (AvgIpc) is 2.74.